The zero-order chi connectivity index (χ0) is 50.6. The molecule has 0 fully saturated rings. The summed E-state index contributed by atoms with van der Waals surface area (Å²) in [6.07, 6.45) is 90.6. The first-order valence-electron chi connectivity index (χ1n) is 28.0. The van der Waals surface area contributed by atoms with Gasteiger partial charge in [0.1, 0.15) is 6.61 Å². The lowest BCUT2D eigenvalue weighted by Crippen LogP contribution is -2.28. The molecule has 0 rings (SSSR count). The summed E-state index contributed by atoms with van der Waals surface area (Å²) in [5.74, 6) is -0.634. The standard InChI is InChI=1S/C65H102O5/c1-3-5-7-9-11-13-15-17-19-21-23-25-27-29-31-32-34-36-38-40-42-44-46-48-50-52-54-56-58-60-65(68)70-63(61-66)62-69-64(67)59-57-55-53-51-49-47-45-43-41-39-37-35-33-30-28-26-24-22-20-18-16-14-12-10-8-6-4-2/h5-8,11-14,17-20,23-26,29-31,33-34,36,40,42,46,48,63,66H,3-4,9-10,15-16,21-22,27-28,32,35,37-39,41,43-45,47,49-62H2,1-2H3/b7-5-,8-6-,13-11-,14-12-,19-17-,20-18-,25-23-,26-24-,31-29-,33-30-,36-34-,42-40-,48-46-. The number of carbonyl (C=O) groups is 2. The van der Waals surface area contributed by atoms with E-state index in [1.54, 1.807) is 0 Å². The Hall–Kier alpha value is -4.48. The molecule has 1 unspecified atom stereocenters. The zero-order valence-corrected chi connectivity index (χ0v) is 44.7. The van der Waals surface area contributed by atoms with Crippen molar-refractivity contribution in [2.75, 3.05) is 13.2 Å². The Morgan fingerprint density at radius 1 is 0.329 bits per heavy atom. The number of allylic oxidation sites excluding steroid dienone is 26. The zero-order valence-electron chi connectivity index (χ0n) is 44.7. The SMILES string of the molecule is CC/C=C\C/C=C\C/C=C\C/C=C\C/C=C\C/C=C\C/C=C\C/C=C\CCCCCCC(=O)OC(CO)COC(=O)CCCCCCCCCCCCC/C=C\C/C=C\C/C=C\C/C=C\C/C=C\CC. The van der Waals surface area contributed by atoms with Gasteiger partial charge < -0.3 is 14.6 Å². The lowest BCUT2D eigenvalue weighted by atomic mass is 10.0. The monoisotopic (exact) mass is 963 g/mol. The maximum atomic E-state index is 12.3. The van der Waals surface area contributed by atoms with E-state index in [0.717, 1.165) is 135 Å². The number of aliphatic hydroxyl groups excluding tert-OH is 1. The predicted octanol–water partition coefficient (Wildman–Crippen LogP) is 19.2. The van der Waals surface area contributed by atoms with Gasteiger partial charge in [-0.05, 0) is 122 Å². The van der Waals surface area contributed by atoms with E-state index in [1.807, 2.05) is 0 Å². The summed E-state index contributed by atoms with van der Waals surface area (Å²) >= 11 is 0. The van der Waals surface area contributed by atoms with Gasteiger partial charge in [0, 0.05) is 12.8 Å². The number of carbonyl (C=O) groups excluding carboxylic acids is 2. The van der Waals surface area contributed by atoms with Crippen LogP contribution in [0.5, 0.6) is 0 Å². The first-order chi connectivity index (χ1) is 34.6. The average molecular weight is 964 g/mol. The molecule has 0 aliphatic heterocycles. The van der Waals surface area contributed by atoms with Crippen molar-refractivity contribution in [3.05, 3.63) is 158 Å². The van der Waals surface area contributed by atoms with E-state index in [1.165, 1.54) is 57.8 Å². The van der Waals surface area contributed by atoms with Crippen LogP contribution in [0.1, 0.15) is 219 Å². The van der Waals surface area contributed by atoms with E-state index in [2.05, 4.69) is 172 Å². The van der Waals surface area contributed by atoms with Gasteiger partial charge in [-0.3, -0.25) is 9.59 Å². The Bertz CT molecular complexity index is 1560. The molecule has 5 nitrogen and oxygen atoms in total. The van der Waals surface area contributed by atoms with Crippen LogP contribution < -0.4 is 0 Å². The Kier molecular flexibility index (Phi) is 55.1. The highest BCUT2D eigenvalue weighted by molar-refractivity contribution is 5.70. The smallest absolute Gasteiger partial charge is 0.306 e. The third-order valence-corrected chi connectivity index (χ3v) is 11.3. The van der Waals surface area contributed by atoms with Gasteiger partial charge in [0.05, 0.1) is 6.61 Å². The Morgan fingerprint density at radius 3 is 0.857 bits per heavy atom. The minimum Gasteiger partial charge on any atom is -0.462 e. The molecule has 0 aromatic carbocycles. The Labute approximate surface area is 430 Å². The highest BCUT2D eigenvalue weighted by Crippen LogP contribution is 2.14. The molecule has 0 saturated carbocycles. The van der Waals surface area contributed by atoms with Crippen LogP contribution in [0.4, 0.5) is 0 Å². The van der Waals surface area contributed by atoms with Gasteiger partial charge in [-0.25, -0.2) is 0 Å². The van der Waals surface area contributed by atoms with Crippen LogP contribution in [0.15, 0.2) is 158 Å². The van der Waals surface area contributed by atoms with Crippen LogP contribution in [0.3, 0.4) is 0 Å². The lowest BCUT2D eigenvalue weighted by molar-refractivity contribution is -0.161. The summed E-state index contributed by atoms with van der Waals surface area (Å²) in [7, 11) is 0. The summed E-state index contributed by atoms with van der Waals surface area (Å²) < 4.78 is 10.7. The molecule has 0 aromatic rings. The molecule has 0 amide bonds. The third-order valence-electron chi connectivity index (χ3n) is 11.3. The number of aliphatic hydroxyl groups is 1. The second-order valence-corrected chi connectivity index (χ2v) is 17.9. The van der Waals surface area contributed by atoms with E-state index in [9.17, 15) is 14.7 Å². The van der Waals surface area contributed by atoms with Crippen molar-refractivity contribution >= 4 is 11.9 Å². The van der Waals surface area contributed by atoms with Crippen molar-refractivity contribution in [2.45, 2.75) is 225 Å². The molecule has 1 N–H and O–H groups in total. The largest absolute Gasteiger partial charge is 0.462 e. The summed E-state index contributed by atoms with van der Waals surface area (Å²) in [4.78, 5) is 24.5. The highest BCUT2D eigenvalue weighted by atomic mass is 16.6. The van der Waals surface area contributed by atoms with Crippen LogP contribution in [0, 0.1) is 0 Å². The second kappa shape index (κ2) is 58.8. The first kappa shape index (κ1) is 65.5. The van der Waals surface area contributed by atoms with Gasteiger partial charge in [0.2, 0.25) is 0 Å². The molecular formula is C65H102O5. The number of unbranched alkanes of at least 4 members (excludes halogenated alkanes) is 15. The van der Waals surface area contributed by atoms with Crippen molar-refractivity contribution < 1.29 is 24.2 Å². The molecule has 0 saturated heterocycles. The van der Waals surface area contributed by atoms with Crippen LogP contribution >= 0.6 is 0 Å². The number of hydrogen-bond donors (Lipinski definition) is 1. The fraction of sp³-hybridized carbons (Fsp3) is 0.569. The van der Waals surface area contributed by atoms with Crippen LogP contribution in [0.25, 0.3) is 0 Å². The molecule has 1 atom stereocenters. The van der Waals surface area contributed by atoms with Gasteiger partial charge in [-0.2, -0.15) is 0 Å². The molecule has 0 heterocycles. The Morgan fingerprint density at radius 2 is 0.571 bits per heavy atom. The first-order valence-corrected chi connectivity index (χ1v) is 28.0. The molecule has 0 radical (unpaired) electrons. The van der Waals surface area contributed by atoms with Crippen molar-refractivity contribution in [2.24, 2.45) is 0 Å². The van der Waals surface area contributed by atoms with Crippen LogP contribution in [0.2, 0.25) is 0 Å². The van der Waals surface area contributed by atoms with Crippen molar-refractivity contribution in [1.29, 1.82) is 0 Å². The average Bonchev–Trinajstić information content (AvgIpc) is 3.36. The number of esters is 2. The highest BCUT2D eigenvalue weighted by Gasteiger charge is 2.16. The third kappa shape index (κ3) is 56.1. The molecular weight excluding hydrogens is 861 g/mol. The van der Waals surface area contributed by atoms with E-state index in [4.69, 9.17) is 9.47 Å². The summed E-state index contributed by atoms with van der Waals surface area (Å²) in [6, 6.07) is 0. The van der Waals surface area contributed by atoms with Gasteiger partial charge in [0.15, 0.2) is 6.10 Å². The predicted molar refractivity (Wildman–Crippen MR) is 306 cm³/mol. The van der Waals surface area contributed by atoms with Crippen LogP contribution in [-0.2, 0) is 19.1 Å². The molecule has 5 heteroatoms. The fourth-order valence-corrected chi connectivity index (χ4v) is 7.18. The minimum absolute atomic E-state index is 0.0888. The number of hydrogen-bond acceptors (Lipinski definition) is 5. The lowest BCUT2D eigenvalue weighted by Gasteiger charge is -2.15. The fourth-order valence-electron chi connectivity index (χ4n) is 7.18. The van der Waals surface area contributed by atoms with E-state index < -0.39 is 6.10 Å². The summed E-state index contributed by atoms with van der Waals surface area (Å²) in [6.45, 7) is 3.88. The number of rotatable bonds is 49. The molecule has 0 spiro atoms. The molecule has 0 bridgehead atoms. The maximum Gasteiger partial charge on any atom is 0.306 e. The number of ether oxygens (including phenoxy) is 2. The topological polar surface area (TPSA) is 72.8 Å². The second-order valence-electron chi connectivity index (χ2n) is 17.9. The summed E-state index contributed by atoms with van der Waals surface area (Å²) in [5.41, 5.74) is 0. The van der Waals surface area contributed by atoms with E-state index in [0.29, 0.717) is 12.8 Å². The quantitative estimate of drug-likeness (QED) is 0.0374. The molecule has 0 aliphatic rings. The van der Waals surface area contributed by atoms with Crippen molar-refractivity contribution in [1.82, 2.24) is 0 Å². The van der Waals surface area contributed by atoms with Crippen LogP contribution in [-0.4, -0.2) is 36.4 Å². The minimum atomic E-state index is -0.801. The molecule has 0 aliphatic carbocycles. The maximum absolute atomic E-state index is 12.3. The van der Waals surface area contributed by atoms with Crippen molar-refractivity contribution in [3.63, 3.8) is 0 Å². The molecule has 392 valence electrons. The summed E-state index contributed by atoms with van der Waals surface area (Å²) in [5, 5.41) is 9.65. The van der Waals surface area contributed by atoms with Crippen molar-refractivity contribution in [3.8, 4) is 0 Å². The van der Waals surface area contributed by atoms with E-state index in [-0.39, 0.29) is 25.2 Å². The van der Waals surface area contributed by atoms with Gasteiger partial charge in [0.25, 0.3) is 0 Å². The Balaban J connectivity index is 3.63. The van der Waals surface area contributed by atoms with Gasteiger partial charge in [-0.15, -0.1) is 0 Å². The molecule has 0 aromatic heterocycles. The van der Waals surface area contributed by atoms with Gasteiger partial charge in [-0.1, -0.05) is 242 Å². The molecule has 70 heavy (non-hydrogen) atoms. The van der Waals surface area contributed by atoms with Gasteiger partial charge >= 0.3 is 11.9 Å². The normalized spacial score (nSPS) is 13.5. The van der Waals surface area contributed by atoms with E-state index >= 15 is 0 Å².